The highest BCUT2D eigenvalue weighted by Crippen LogP contribution is 2.43. The van der Waals surface area contributed by atoms with Crippen LogP contribution in [0.4, 0.5) is 10.2 Å². The third-order valence-electron chi connectivity index (χ3n) is 5.54. The van der Waals surface area contributed by atoms with Gasteiger partial charge in [0.2, 0.25) is 5.78 Å². The van der Waals surface area contributed by atoms with Crippen molar-refractivity contribution in [1.29, 1.82) is 0 Å². The number of rotatable bonds is 7. The molecule has 0 amide bonds. The second kappa shape index (κ2) is 8.64. The fourth-order valence-electron chi connectivity index (χ4n) is 4.06. The number of aromatic amines is 1. The first-order chi connectivity index (χ1) is 14.3. The van der Waals surface area contributed by atoms with Crippen molar-refractivity contribution in [3.05, 3.63) is 62.0 Å². The number of anilines is 1. The molecule has 1 aromatic carbocycles. The summed E-state index contributed by atoms with van der Waals surface area (Å²) in [5, 5.41) is 0. The predicted molar refractivity (Wildman–Crippen MR) is 108 cm³/mol. The average Bonchev–Trinajstić information content (AvgIpc) is 3.20. The van der Waals surface area contributed by atoms with E-state index in [0.29, 0.717) is 19.3 Å². The van der Waals surface area contributed by atoms with E-state index in [-0.39, 0.29) is 17.9 Å². The molecule has 0 aliphatic heterocycles. The summed E-state index contributed by atoms with van der Waals surface area (Å²) in [6, 6.07) is 6.02. The summed E-state index contributed by atoms with van der Waals surface area (Å²) in [6.07, 6.45) is 2.83. The van der Waals surface area contributed by atoms with Crippen LogP contribution in [0.5, 0.6) is 0 Å². The van der Waals surface area contributed by atoms with Gasteiger partial charge < -0.3 is 10.5 Å². The van der Waals surface area contributed by atoms with Crippen LogP contribution in [0.25, 0.3) is 0 Å². The Labute approximate surface area is 171 Å². The highest BCUT2D eigenvalue weighted by Gasteiger charge is 2.46. The van der Waals surface area contributed by atoms with Crippen LogP contribution in [0.1, 0.15) is 54.9 Å². The van der Waals surface area contributed by atoms with Gasteiger partial charge in [-0.2, -0.15) is 0 Å². The second-order valence-electron chi connectivity index (χ2n) is 7.44. The van der Waals surface area contributed by atoms with Crippen molar-refractivity contribution in [3.63, 3.8) is 0 Å². The van der Waals surface area contributed by atoms with Gasteiger partial charge >= 0.3 is 11.7 Å². The van der Waals surface area contributed by atoms with Crippen molar-refractivity contribution in [2.75, 3.05) is 12.3 Å². The molecule has 1 aromatic heterocycles. The van der Waals surface area contributed by atoms with Crippen LogP contribution in [0.2, 0.25) is 0 Å². The summed E-state index contributed by atoms with van der Waals surface area (Å²) in [5.74, 6) is -2.31. The molecule has 1 saturated carbocycles. The molecule has 0 spiro atoms. The number of nitrogens with zero attached hydrogens (tertiary/aromatic N) is 1. The summed E-state index contributed by atoms with van der Waals surface area (Å²) < 4.78 is 20.7. The van der Waals surface area contributed by atoms with Crippen LogP contribution < -0.4 is 17.0 Å². The van der Waals surface area contributed by atoms with Gasteiger partial charge in [-0.15, -0.1) is 0 Å². The number of nitrogens with two attached hydrogens (primary N) is 1. The number of nitrogen functional groups attached to an aromatic ring is 1. The Morgan fingerprint density at radius 3 is 2.53 bits per heavy atom. The van der Waals surface area contributed by atoms with Gasteiger partial charge in [0.15, 0.2) is 6.61 Å². The van der Waals surface area contributed by atoms with Crippen LogP contribution in [0.15, 0.2) is 33.9 Å². The smallest absolute Gasteiger partial charge is 0.329 e. The van der Waals surface area contributed by atoms with Gasteiger partial charge in [-0.05, 0) is 25.3 Å². The molecule has 1 heterocycles. The molecule has 3 rings (SSSR count). The summed E-state index contributed by atoms with van der Waals surface area (Å²) in [4.78, 5) is 51.6. The number of nitrogens with one attached hydrogen (secondary N) is 1. The number of aromatic nitrogens is 2. The number of carbonyl (C=O) groups excluding carboxylic acids is 2. The van der Waals surface area contributed by atoms with Crippen LogP contribution in [0.3, 0.4) is 0 Å². The van der Waals surface area contributed by atoms with Gasteiger partial charge in [-0.3, -0.25) is 23.9 Å². The number of ketones is 1. The average molecular weight is 417 g/mol. The minimum Gasteiger partial charge on any atom is -0.457 e. The number of halogens is 1. The van der Waals surface area contributed by atoms with Gasteiger partial charge in [-0.25, -0.2) is 9.18 Å². The fourth-order valence-corrected chi connectivity index (χ4v) is 4.06. The molecular weight excluding hydrogens is 393 g/mol. The molecule has 1 fully saturated rings. The molecule has 30 heavy (non-hydrogen) atoms. The standard InChI is InChI=1S/C21H24FN3O5/c1-2-11-25-17(23)16(18(27)24-20(25)29)15(26)12-30-19(28)21(9-5-6-10-21)13-7-3-4-8-14(13)22/h3-4,7-8H,2,5-6,9-12,23H2,1H3,(H,24,27,29). The number of carbonyl (C=O) groups is 2. The lowest BCUT2D eigenvalue weighted by Crippen LogP contribution is -2.39. The van der Waals surface area contributed by atoms with Crippen molar-refractivity contribution < 1.29 is 18.7 Å². The van der Waals surface area contributed by atoms with Crippen molar-refractivity contribution in [1.82, 2.24) is 9.55 Å². The normalized spacial score (nSPS) is 15.1. The maximum atomic E-state index is 14.4. The van der Waals surface area contributed by atoms with Crippen LogP contribution in [-0.2, 0) is 21.5 Å². The quantitative estimate of drug-likeness (QED) is 0.524. The zero-order valence-electron chi connectivity index (χ0n) is 16.7. The highest BCUT2D eigenvalue weighted by molar-refractivity contribution is 6.01. The number of benzene rings is 1. The van der Waals surface area contributed by atoms with Crippen molar-refractivity contribution in [3.8, 4) is 0 Å². The summed E-state index contributed by atoms with van der Waals surface area (Å²) in [7, 11) is 0. The van der Waals surface area contributed by atoms with Crippen molar-refractivity contribution in [2.24, 2.45) is 0 Å². The lowest BCUT2D eigenvalue weighted by atomic mass is 9.78. The first kappa shape index (κ1) is 21.5. The van der Waals surface area contributed by atoms with Crippen LogP contribution in [0, 0.1) is 5.82 Å². The Hall–Kier alpha value is -3.23. The Balaban J connectivity index is 1.85. The number of esters is 1. The molecule has 160 valence electrons. The molecule has 0 atom stereocenters. The Kier molecular flexibility index (Phi) is 6.19. The van der Waals surface area contributed by atoms with E-state index in [4.69, 9.17) is 10.5 Å². The Morgan fingerprint density at radius 2 is 1.90 bits per heavy atom. The molecule has 0 bridgehead atoms. The lowest BCUT2D eigenvalue weighted by Gasteiger charge is -2.27. The van der Waals surface area contributed by atoms with Gasteiger partial charge in [0.05, 0.1) is 5.41 Å². The van der Waals surface area contributed by atoms with Gasteiger partial charge in [0.25, 0.3) is 5.56 Å². The summed E-state index contributed by atoms with van der Waals surface area (Å²) in [6.45, 7) is 1.30. The minimum atomic E-state index is -1.16. The molecule has 9 heteroatoms. The molecule has 2 aromatic rings. The van der Waals surface area contributed by atoms with Crippen molar-refractivity contribution in [2.45, 2.75) is 51.0 Å². The van der Waals surface area contributed by atoms with E-state index in [1.807, 2.05) is 6.92 Å². The SMILES string of the molecule is CCCn1c(N)c(C(=O)COC(=O)C2(c3ccccc3F)CCCC2)c(=O)[nH]c1=O. The monoisotopic (exact) mass is 417 g/mol. The predicted octanol–water partition coefficient (Wildman–Crippen LogP) is 1.91. The van der Waals surface area contributed by atoms with E-state index in [2.05, 4.69) is 4.98 Å². The number of Topliss-reactive ketones (excluding diaryl/α,β-unsaturated/α-hetero) is 1. The molecule has 1 aliphatic carbocycles. The summed E-state index contributed by atoms with van der Waals surface area (Å²) in [5.41, 5.74) is 2.88. The number of ether oxygens (including phenoxy) is 1. The molecule has 3 N–H and O–H groups in total. The van der Waals surface area contributed by atoms with Gasteiger partial charge in [0, 0.05) is 12.1 Å². The first-order valence-corrected chi connectivity index (χ1v) is 9.90. The first-order valence-electron chi connectivity index (χ1n) is 9.90. The van der Waals surface area contributed by atoms with E-state index in [1.165, 1.54) is 12.1 Å². The number of hydrogen-bond acceptors (Lipinski definition) is 6. The van der Waals surface area contributed by atoms with E-state index in [1.54, 1.807) is 12.1 Å². The van der Waals surface area contributed by atoms with Gasteiger partial charge in [0.1, 0.15) is 17.2 Å². The largest absolute Gasteiger partial charge is 0.457 e. The third kappa shape index (κ3) is 3.79. The fraction of sp³-hybridized carbons (Fsp3) is 0.429. The van der Waals surface area contributed by atoms with E-state index >= 15 is 0 Å². The van der Waals surface area contributed by atoms with E-state index in [9.17, 15) is 23.6 Å². The zero-order valence-corrected chi connectivity index (χ0v) is 16.7. The second-order valence-corrected chi connectivity index (χ2v) is 7.44. The van der Waals surface area contributed by atoms with Gasteiger partial charge in [-0.1, -0.05) is 38.0 Å². The highest BCUT2D eigenvalue weighted by atomic mass is 19.1. The number of hydrogen-bond donors (Lipinski definition) is 2. The number of H-pyrrole nitrogens is 1. The van der Waals surface area contributed by atoms with E-state index < -0.39 is 46.4 Å². The third-order valence-corrected chi connectivity index (χ3v) is 5.54. The summed E-state index contributed by atoms with van der Waals surface area (Å²) >= 11 is 0. The van der Waals surface area contributed by atoms with E-state index in [0.717, 1.165) is 17.4 Å². The zero-order chi connectivity index (χ0) is 21.9. The molecule has 0 saturated heterocycles. The Bertz CT molecular complexity index is 1080. The van der Waals surface area contributed by atoms with Crippen LogP contribution in [-0.4, -0.2) is 27.9 Å². The molecule has 8 nitrogen and oxygen atoms in total. The molecule has 1 aliphatic rings. The topological polar surface area (TPSA) is 124 Å². The van der Waals surface area contributed by atoms with Crippen molar-refractivity contribution >= 4 is 17.6 Å². The Morgan fingerprint density at radius 1 is 1.23 bits per heavy atom. The molecular formula is C21H24FN3O5. The van der Waals surface area contributed by atoms with Crippen LogP contribution >= 0.6 is 0 Å². The minimum absolute atomic E-state index is 0.220. The molecule has 0 radical (unpaired) electrons. The maximum absolute atomic E-state index is 14.4. The lowest BCUT2D eigenvalue weighted by molar-refractivity contribution is -0.149. The maximum Gasteiger partial charge on any atom is 0.329 e. The molecule has 0 unspecified atom stereocenters.